The molecule has 3 N–H and O–H groups in total. The van der Waals surface area contributed by atoms with Gasteiger partial charge in [-0.1, -0.05) is 6.07 Å². The molecule has 3 heterocycles. The summed E-state index contributed by atoms with van der Waals surface area (Å²) in [5, 5.41) is 7.01. The Morgan fingerprint density at radius 3 is 2.83 bits per heavy atom. The van der Waals surface area contributed by atoms with E-state index in [1.165, 1.54) is 6.07 Å². The van der Waals surface area contributed by atoms with E-state index in [4.69, 9.17) is 0 Å². The van der Waals surface area contributed by atoms with Gasteiger partial charge in [-0.3, -0.25) is 14.4 Å². The third-order valence-electron chi connectivity index (χ3n) is 5.44. The largest absolute Gasteiger partial charge is 0.322 e. The number of fused-ring (bicyclic) bond motifs is 1. The number of rotatable bonds is 4. The van der Waals surface area contributed by atoms with Crippen molar-refractivity contribution in [1.29, 1.82) is 0 Å². The van der Waals surface area contributed by atoms with E-state index >= 15 is 0 Å². The summed E-state index contributed by atoms with van der Waals surface area (Å²) in [5.41, 5.74) is 1.46. The lowest BCUT2D eigenvalue weighted by Gasteiger charge is -2.23. The van der Waals surface area contributed by atoms with Gasteiger partial charge in [0.15, 0.2) is 0 Å². The van der Waals surface area contributed by atoms with E-state index in [1.54, 1.807) is 35.9 Å². The summed E-state index contributed by atoms with van der Waals surface area (Å²) in [6, 6.07) is 10.2. The van der Waals surface area contributed by atoms with Crippen LogP contribution < -0.4 is 21.8 Å². The Morgan fingerprint density at radius 2 is 2.03 bits per heavy atom. The lowest BCUT2D eigenvalue weighted by molar-refractivity contribution is 0.102. The molecule has 3 aromatic rings. The van der Waals surface area contributed by atoms with Crippen LogP contribution in [0.1, 0.15) is 28.8 Å². The van der Waals surface area contributed by atoms with E-state index in [9.17, 15) is 14.4 Å². The zero-order valence-corrected chi connectivity index (χ0v) is 16.3. The van der Waals surface area contributed by atoms with Crippen molar-refractivity contribution in [3.8, 4) is 0 Å². The first-order valence-electron chi connectivity index (χ1n) is 9.86. The number of aryl methyl sites for hydroxylation is 1. The summed E-state index contributed by atoms with van der Waals surface area (Å²) in [6.07, 6.45) is 3.94. The molecule has 1 saturated heterocycles. The second kappa shape index (κ2) is 8.05. The fraction of sp³-hybridized carbons (Fsp3) is 0.318. The Hall–Kier alpha value is -3.19. The fourth-order valence-corrected chi connectivity index (χ4v) is 3.86. The first-order chi connectivity index (χ1) is 14.0. The normalized spacial score (nSPS) is 16.7. The van der Waals surface area contributed by atoms with Crippen LogP contribution >= 0.6 is 0 Å². The number of hydrogen-bond acceptors (Lipinski definition) is 4. The van der Waals surface area contributed by atoms with Crippen molar-refractivity contribution >= 4 is 22.5 Å². The number of aromatic nitrogens is 2. The average molecular weight is 392 g/mol. The minimum atomic E-state index is -0.443. The summed E-state index contributed by atoms with van der Waals surface area (Å²) in [7, 11) is 0. The van der Waals surface area contributed by atoms with Crippen molar-refractivity contribution in [2.24, 2.45) is 5.92 Å². The minimum Gasteiger partial charge on any atom is -0.322 e. The molecule has 1 amide bonds. The minimum absolute atomic E-state index is 0.151. The molecule has 7 nitrogen and oxygen atoms in total. The van der Waals surface area contributed by atoms with Crippen LogP contribution in [0.4, 0.5) is 5.69 Å². The average Bonchev–Trinajstić information content (AvgIpc) is 2.71. The molecule has 0 spiro atoms. The van der Waals surface area contributed by atoms with Gasteiger partial charge in [0.25, 0.3) is 11.5 Å². The molecule has 1 unspecified atom stereocenters. The van der Waals surface area contributed by atoms with Crippen molar-refractivity contribution in [1.82, 2.24) is 14.9 Å². The lowest BCUT2D eigenvalue weighted by atomic mass is 9.99. The molecule has 2 aromatic heterocycles. The van der Waals surface area contributed by atoms with Crippen molar-refractivity contribution in [3.63, 3.8) is 0 Å². The van der Waals surface area contributed by atoms with Gasteiger partial charge in [-0.2, -0.15) is 0 Å². The smallest absolute Gasteiger partial charge is 0.263 e. The SMILES string of the molecule is Cc1ccn(CC2CCCNC2)c(=O)c1C(=O)Nc1ccc2ccc(=O)[nH]c2c1. The van der Waals surface area contributed by atoms with Crippen LogP contribution in [0.5, 0.6) is 0 Å². The van der Waals surface area contributed by atoms with Crippen molar-refractivity contribution < 1.29 is 4.79 Å². The molecule has 1 aliphatic rings. The highest BCUT2D eigenvalue weighted by Gasteiger charge is 2.19. The number of amides is 1. The van der Waals surface area contributed by atoms with Gasteiger partial charge in [0.1, 0.15) is 5.56 Å². The number of H-pyrrole nitrogens is 1. The Bertz CT molecular complexity index is 1170. The molecule has 0 radical (unpaired) electrons. The highest BCUT2D eigenvalue weighted by molar-refractivity contribution is 6.05. The van der Waals surface area contributed by atoms with Crippen LogP contribution in [0, 0.1) is 12.8 Å². The summed E-state index contributed by atoms with van der Waals surface area (Å²) >= 11 is 0. The number of carbonyl (C=O) groups is 1. The number of nitrogens with one attached hydrogen (secondary N) is 3. The van der Waals surface area contributed by atoms with E-state index in [2.05, 4.69) is 15.6 Å². The molecule has 1 fully saturated rings. The third-order valence-corrected chi connectivity index (χ3v) is 5.44. The topological polar surface area (TPSA) is 96.0 Å². The Balaban J connectivity index is 1.60. The number of pyridine rings is 2. The van der Waals surface area contributed by atoms with Gasteiger partial charge in [0.2, 0.25) is 5.56 Å². The molecule has 1 aromatic carbocycles. The predicted molar refractivity (Wildman–Crippen MR) is 114 cm³/mol. The molecule has 1 atom stereocenters. The Labute approximate surface area is 167 Å². The number of piperidine rings is 1. The molecular formula is C22H24N4O3. The quantitative estimate of drug-likeness (QED) is 0.635. The van der Waals surface area contributed by atoms with Gasteiger partial charge >= 0.3 is 0 Å². The molecule has 0 saturated carbocycles. The van der Waals surface area contributed by atoms with Gasteiger partial charge in [-0.15, -0.1) is 0 Å². The second-order valence-electron chi connectivity index (χ2n) is 7.62. The molecule has 7 heteroatoms. The van der Waals surface area contributed by atoms with E-state index in [0.717, 1.165) is 31.3 Å². The maximum atomic E-state index is 13.0. The fourth-order valence-electron chi connectivity index (χ4n) is 3.86. The summed E-state index contributed by atoms with van der Waals surface area (Å²) in [6.45, 7) is 4.27. The van der Waals surface area contributed by atoms with Gasteiger partial charge in [0, 0.05) is 24.5 Å². The van der Waals surface area contributed by atoms with E-state index < -0.39 is 5.91 Å². The zero-order valence-electron chi connectivity index (χ0n) is 16.3. The summed E-state index contributed by atoms with van der Waals surface area (Å²) in [5.74, 6) is -0.0568. The van der Waals surface area contributed by atoms with Crippen molar-refractivity contribution in [3.05, 3.63) is 74.4 Å². The number of aromatic amines is 1. The summed E-state index contributed by atoms with van der Waals surface area (Å²) < 4.78 is 1.64. The second-order valence-corrected chi connectivity index (χ2v) is 7.62. The standard InChI is InChI=1S/C22H24N4O3/c1-14-8-10-26(13-15-3-2-9-23-12-15)22(29)20(14)21(28)24-17-6-4-16-5-7-19(27)25-18(16)11-17/h4-8,10-11,15,23H,2-3,9,12-13H2,1H3,(H,24,28)(H,25,27). The predicted octanol–water partition coefficient (Wildman–Crippen LogP) is 2.25. The number of nitrogens with zero attached hydrogens (tertiary/aromatic N) is 1. The number of anilines is 1. The lowest BCUT2D eigenvalue weighted by Crippen LogP contribution is -2.36. The zero-order chi connectivity index (χ0) is 20.4. The first-order valence-corrected chi connectivity index (χ1v) is 9.86. The number of hydrogen-bond donors (Lipinski definition) is 3. The van der Waals surface area contributed by atoms with Crippen molar-refractivity contribution in [2.75, 3.05) is 18.4 Å². The molecule has 0 bridgehead atoms. The van der Waals surface area contributed by atoms with Gasteiger partial charge in [-0.05, 0) is 74.0 Å². The molecule has 150 valence electrons. The maximum absolute atomic E-state index is 13.0. The Morgan fingerprint density at radius 1 is 1.21 bits per heavy atom. The van der Waals surface area contributed by atoms with Crippen LogP contribution in [0.2, 0.25) is 0 Å². The van der Waals surface area contributed by atoms with Crippen LogP contribution in [-0.2, 0) is 6.54 Å². The van der Waals surface area contributed by atoms with Crippen LogP contribution in [0.3, 0.4) is 0 Å². The summed E-state index contributed by atoms with van der Waals surface area (Å²) in [4.78, 5) is 40.2. The maximum Gasteiger partial charge on any atom is 0.263 e. The molecular weight excluding hydrogens is 368 g/mol. The van der Waals surface area contributed by atoms with Gasteiger partial charge < -0.3 is 20.2 Å². The third kappa shape index (κ3) is 4.14. The van der Waals surface area contributed by atoms with E-state index in [1.807, 2.05) is 12.1 Å². The van der Waals surface area contributed by atoms with Crippen molar-refractivity contribution in [2.45, 2.75) is 26.3 Å². The highest BCUT2D eigenvalue weighted by Crippen LogP contribution is 2.17. The molecule has 0 aliphatic carbocycles. The van der Waals surface area contributed by atoms with Crippen LogP contribution in [0.15, 0.2) is 52.2 Å². The first kappa shape index (κ1) is 19.1. The number of benzene rings is 1. The highest BCUT2D eigenvalue weighted by atomic mass is 16.2. The van der Waals surface area contributed by atoms with Crippen LogP contribution in [-0.4, -0.2) is 28.5 Å². The Kier molecular flexibility index (Phi) is 5.31. The van der Waals surface area contributed by atoms with Gasteiger partial charge in [-0.25, -0.2) is 0 Å². The van der Waals surface area contributed by atoms with Gasteiger partial charge in [0.05, 0.1) is 5.52 Å². The number of carbonyl (C=O) groups excluding carboxylic acids is 1. The van der Waals surface area contributed by atoms with Crippen LogP contribution in [0.25, 0.3) is 10.9 Å². The molecule has 29 heavy (non-hydrogen) atoms. The molecule has 4 rings (SSSR count). The van der Waals surface area contributed by atoms with E-state index in [-0.39, 0.29) is 16.7 Å². The van der Waals surface area contributed by atoms with E-state index in [0.29, 0.717) is 29.2 Å². The molecule has 1 aliphatic heterocycles. The monoisotopic (exact) mass is 392 g/mol.